The molecule has 0 amide bonds. The molecule has 0 radical (unpaired) electrons. The number of halogens is 1. The summed E-state index contributed by atoms with van der Waals surface area (Å²) in [5, 5.41) is 9.80. The van der Waals surface area contributed by atoms with Gasteiger partial charge in [0, 0.05) is 18.8 Å². The first-order chi connectivity index (χ1) is 8.15. The summed E-state index contributed by atoms with van der Waals surface area (Å²) >= 11 is 7.49. The predicted octanol–water partition coefficient (Wildman–Crippen LogP) is 3.26. The van der Waals surface area contributed by atoms with E-state index in [4.69, 9.17) is 11.6 Å². The molecule has 17 heavy (non-hydrogen) atoms. The fourth-order valence-corrected chi connectivity index (χ4v) is 2.64. The molecule has 0 bridgehead atoms. The SMILES string of the molecule is Cc1cnn(CCNC(C)c2csc(Cl)c2)c1. The molecule has 1 atom stereocenters. The highest BCUT2D eigenvalue weighted by Gasteiger charge is 2.06. The number of nitrogens with one attached hydrogen (secondary N) is 1. The molecule has 2 aromatic rings. The van der Waals surface area contributed by atoms with E-state index in [1.54, 1.807) is 11.3 Å². The maximum atomic E-state index is 5.91. The number of rotatable bonds is 5. The van der Waals surface area contributed by atoms with E-state index in [2.05, 4.69) is 22.7 Å². The van der Waals surface area contributed by atoms with Crippen LogP contribution in [0.5, 0.6) is 0 Å². The van der Waals surface area contributed by atoms with Crippen LogP contribution in [0.1, 0.15) is 24.1 Å². The fraction of sp³-hybridized carbons (Fsp3) is 0.417. The highest BCUT2D eigenvalue weighted by Crippen LogP contribution is 2.24. The van der Waals surface area contributed by atoms with Crippen molar-refractivity contribution < 1.29 is 0 Å². The second-order valence-corrected chi connectivity index (χ2v) is 5.68. The van der Waals surface area contributed by atoms with Crippen LogP contribution in [-0.4, -0.2) is 16.3 Å². The zero-order valence-electron chi connectivity index (χ0n) is 9.98. The molecule has 0 aliphatic carbocycles. The number of thiophene rings is 1. The zero-order chi connectivity index (χ0) is 12.3. The molecule has 0 saturated heterocycles. The quantitative estimate of drug-likeness (QED) is 0.903. The van der Waals surface area contributed by atoms with Crippen LogP contribution in [0.3, 0.4) is 0 Å². The Morgan fingerprint density at radius 1 is 1.59 bits per heavy atom. The minimum absolute atomic E-state index is 0.329. The molecule has 92 valence electrons. The summed E-state index contributed by atoms with van der Waals surface area (Å²) in [7, 11) is 0. The van der Waals surface area contributed by atoms with Crippen LogP contribution in [0, 0.1) is 6.92 Å². The molecule has 5 heteroatoms. The molecule has 0 aliphatic rings. The van der Waals surface area contributed by atoms with Gasteiger partial charge in [-0.05, 0) is 36.4 Å². The van der Waals surface area contributed by atoms with E-state index in [-0.39, 0.29) is 0 Å². The largest absolute Gasteiger partial charge is 0.308 e. The van der Waals surface area contributed by atoms with Crippen molar-refractivity contribution in [3.8, 4) is 0 Å². The normalized spacial score (nSPS) is 12.9. The average molecular weight is 270 g/mol. The van der Waals surface area contributed by atoms with Crippen molar-refractivity contribution in [2.75, 3.05) is 6.54 Å². The molecule has 0 fully saturated rings. The fourth-order valence-electron chi connectivity index (χ4n) is 1.65. The molecule has 3 nitrogen and oxygen atoms in total. The minimum atomic E-state index is 0.329. The molecule has 0 spiro atoms. The number of aryl methyl sites for hydroxylation is 1. The van der Waals surface area contributed by atoms with E-state index in [1.165, 1.54) is 11.1 Å². The van der Waals surface area contributed by atoms with E-state index in [0.29, 0.717) is 6.04 Å². The van der Waals surface area contributed by atoms with Gasteiger partial charge in [-0.15, -0.1) is 11.3 Å². The molecule has 2 heterocycles. The van der Waals surface area contributed by atoms with Gasteiger partial charge in [-0.2, -0.15) is 5.10 Å². The van der Waals surface area contributed by atoms with Gasteiger partial charge in [0.1, 0.15) is 0 Å². The van der Waals surface area contributed by atoms with Crippen LogP contribution in [0.2, 0.25) is 4.34 Å². The maximum absolute atomic E-state index is 5.91. The Labute approximate surface area is 110 Å². The van der Waals surface area contributed by atoms with Gasteiger partial charge in [0.2, 0.25) is 0 Å². The Balaban J connectivity index is 1.78. The monoisotopic (exact) mass is 269 g/mol. The van der Waals surface area contributed by atoms with Crippen molar-refractivity contribution in [2.24, 2.45) is 0 Å². The highest BCUT2D eigenvalue weighted by molar-refractivity contribution is 7.14. The molecule has 0 aliphatic heterocycles. The molecule has 0 saturated carbocycles. The molecule has 1 unspecified atom stereocenters. The van der Waals surface area contributed by atoms with Gasteiger partial charge in [-0.3, -0.25) is 4.68 Å². The van der Waals surface area contributed by atoms with Crippen LogP contribution >= 0.6 is 22.9 Å². The maximum Gasteiger partial charge on any atom is 0.0931 e. The van der Waals surface area contributed by atoms with Gasteiger partial charge in [0.25, 0.3) is 0 Å². The smallest absolute Gasteiger partial charge is 0.0931 e. The second-order valence-electron chi connectivity index (χ2n) is 4.14. The zero-order valence-corrected chi connectivity index (χ0v) is 11.6. The molecule has 0 aromatic carbocycles. The van der Waals surface area contributed by atoms with Crippen molar-refractivity contribution in [3.63, 3.8) is 0 Å². The Hall–Kier alpha value is -0.840. The Morgan fingerprint density at radius 2 is 2.41 bits per heavy atom. The number of aromatic nitrogens is 2. The van der Waals surface area contributed by atoms with Gasteiger partial charge >= 0.3 is 0 Å². The van der Waals surface area contributed by atoms with Crippen LogP contribution in [0.25, 0.3) is 0 Å². The van der Waals surface area contributed by atoms with E-state index in [1.807, 2.05) is 30.1 Å². The van der Waals surface area contributed by atoms with Crippen molar-refractivity contribution in [2.45, 2.75) is 26.4 Å². The summed E-state index contributed by atoms with van der Waals surface area (Å²) in [5.74, 6) is 0. The average Bonchev–Trinajstić information content (AvgIpc) is 2.88. The predicted molar refractivity (Wildman–Crippen MR) is 72.7 cm³/mol. The van der Waals surface area contributed by atoms with Crippen LogP contribution in [0.15, 0.2) is 23.8 Å². The van der Waals surface area contributed by atoms with Crippen LogP contribution in [0.4, 0.5) is 0 Å². The van der Waals surface area contributed by atoms with Gasteiger partial charge in [0.05, 0.1) is 17.1 Å². The Bertz CT molecular complexity index is 478. The number of hydrogen-bond donors (Lipinski definition) is 1. The van der Waals surface area contributed by atoms with E-state index < -0.39 is 0 Å². The lowest BCUT2D eigenvalue weighted by Gasteiger charge is -2.12. The standard InChI is InChI=1S/C12H16ClN3S/c1-9-6-15-16(7-9)4-3-14-10(2)11-5-12(13)17-8-11/h5-8,10,14H,3-4H2,1-2H3. The topological polar surface area (TPSA) is 29.9 Å². The lowest BCUT2D eigenvalue weighted by Crippen LogP contribution is -2.23. The van der Waals surface area contributed by atoms with E-state index in [9.17, 15) is 0 Å². The van der Waals surface area contributed by atoms with Gasteiger partial charge < -0.3 is 5.32 Å². The first kappa shape index (κ1) is 12.6. The summed E-state index contributed by atoms with van der Waals surface area (Å²) < 4.78 is 2.80. The Morgan fingerprint density at radius 3 is 3.00 bits per heavy atom. The summed E-state index contributed by atoms with van der Waals surface area (Å²) in [5.41, 5.74) is 2.44. The molecule has 1 N–H and O–H groups in total. The minimum Gasteiger partial charge on any atom is -0.308 e. The van der Waals surface area contributed by atoms with Gasteiger partial charge in [-0.25, -0.2) is 0 Å². The van der Waals surface area contributed by atoms with Gasteiger partial charge in [0.15, 0.2) is 0 Å². The van der Waals surface area contributed by atoms with Crippen LogP contribution < -0.4 is 5.32 Å². The van der Waals surface area contributed by atoms with E-state index in [0.717, 1.165) is 17.4 Å². The molecule has 2 aromatic heterocycles. The molecule has 2 rings (SSSR count). The number of hydrogen-bond acceptors (Lipinski definition) is 3. The number of nitrogens with zero attached hydrogens (tertiary/aromatic N) is 2. The summed E-state index contributed by atoms with van der Waals surface area (Å²) in [6.45, 7) is 5.98. The highest BCUT2D eigenvalue weighted by atomic mass is 35.5. The van der Waals surface area contributed by atoms with Gasteiger partial charge in [-0.1, -0.05) is 11.6 Å². The molecular formula is C12H16ClN3S. The summed E-state index contributed by atoms with van der Waals surface area (Å²) in [6.07, 6.45) is 3.93. The Kier molecular flexibility index (Phi) is 4.20. The third-order valence-corrected chi connectivity index (χ3v) is 3.75. The molecular weight excluding hydrogens is 254 g/mol. The first-order valence-corrected chi connectivity index (χ1v) is 6.87. The van der Waals surface area contributed by atoms with Crippen LogP contribution in [-0.2, 0) is 6.54 Å². The van der Waals surface area contributed by atoms with Crippen molar-refractivity contribution in [1.82, 2.24) is 15.1 Å². The third-order valence-electron chi connectivity index (χ3n) is 2.64. The van der Waals surface area contributed by atoms with Crippen molar-refractivity contribution >= 4 is 22.9 Å². The third kappa shape index (κ3) is 3.56. The summed E-state index contributed by atoms with van der Waals surface area (Å²) in [4.78, 5) is 0. The lowest BCUT2D eigenvalue weighted by molar-refractivity contribution is 0.508. The van der Waals surface area contributed by atoms with Crippen molar-refractivity contribution in [1.29, 1.82) is 0 Å². The van der Waals surface area contributed by atoms with E-state index >= 15 is 0 Å². The second kappa shape index (κ2) is 5.67. The lowest BCUT2D eigenvalue weighted by atomic mass is 10.2. The van der Waals surface area contributed by atoms with Crippen molar-refractivity contribution in [3.05, 3.63) is 39.3 Å². The first-order valence-electron chi connectivity index (χ1n) is 5.61. The summed E-state index contributed by atoms with van der Waals surface area (Å²) in [6, 6.07) is 2.34.